The predicted octanol–water partition coefficient (Wildman–Crippen LogP) is 4.82. The van der Waals surface area contributed by atoms with Crippen LogP contribution in [0.1, 0.15) is 30.8 Å². The Hall–Kier alpha value is -3.19. The van der Waals surface area contributed by atoms with Gasteiger partial charge in [-0.2, -0.15) is 0 Å². The van der Waals surface area contributed by atoms with Gasteiger partial charge in [0.25, 0.3) is 5.91 Å². The number of hydrogen-bond acceptors (Lipinski definition) is 5. The van der Waals surface area contributed by atoms with Gasteiger partial charge in [-0.05, 0) is 56.5 Å². The molecular weight excluding hydrogens is 410 g/mol. The summed E-state index contributed by atoms with van der Waals surface area (Å²) in [6, 6.07) is 12.5. The van der Waals surface area contributed by atoms with Crippen LogP contribution in [-0.2, 0) is 16.0 Å². The largest absolute Gasteiger partial charge is 0.482 e. The van der Waals surface area contributed by atoms with Crippen LogP contribution in [0.2, 0.25) is 0 Å². The molecule has 1 aliphatic heterocycles. The van der Waals surface area contributed by atoms with Crippen LogP contribution in [0, 0.1) is 6.92 Å². The van der Waals surface area contributed by atoms with Gasteiger partial charge in [0.2, 0.25) is 5.91 Å². The zero-order valence-corrected chi connectivity index (χ0v) is 18.7. The quantitative estimate of drug-likeness (QED) is 0.602. The molecule has 0 saturated carbocycles. The molecule has 0 aliphatic carbocycles. The minimum Gasteiger partial charge on any atom is -0.482 e. The molecule has 0 saturated heterocycles. The van der Waals surface area contributed by atoms with E-state index in [1.807, 2.05) is 54.8 Å². The first-order valence-electron chi connectivity index (χ1n) is 10.4. The zero-order valence-electron chi connectivity index (χ0n) is 17.8. The van der Waals surface area contributed by atoms with E-state index in [1.54, 1.807) is 18.3 Å². The van der Waals surface area contributed by atoms with E-state index < -0.39 is 6.04 Å². The number of benzene rings is 2. The summed E-state index contributed by atoms with van der Waals surface area (Å²) in [4.78, 5) is 32.0. The van der Waals surface area contributed by atoms with Crippen molar-refractivity contribution in [3.8, 4) is 17.0 Å². The number of thiazole rings is 1. The van der Waals surface area contributed by atoms with Crippen molar-refractivity contribution in [2.75, 3.05) is 16.8 Å². The number of amides is 2. The lowest BCUT2D eigenvalue weighted by Gasteiger charge is -2.33. The second kappa shape index (κ2) is 8.89. The number of hydrogen-bond donors (Lipinski definition) is 1. The van der Waals surface area contributed by atoms with E-state index in [2.05, 4.69) is 12.2 Å². The van der Waals surface area contributed by atoms with Crippen LogP contribution in [0.3, 0.4) is 0 Å². The third kappa shape index (κ3) is 4.32. The fraction of sp³-hybridized carbons (Fsp3) is 0.292. The summed E-state index contributed by atoms with van der Waals surface area (Å²) in [5.41, 5.74) is 4.05. The lowest BCUT2D eigenvalue weighted by atomic mass is 10.1. The molecule has 0 spiro atoms. The normalized spacial score (nSPS) is 14.0. The highest BCUT2D eigenvalue weighted by molar-refractivity contribution is 7.09. The van der Waals surface area contributed by atoms with Crippen LogP contribution in [0.15, 0.2) is 47.8 Å². The second-order valence-electron chi connectivity index (χ2n) is 7.59. The van der Waals surface area contributed by atoms with Crippen LogP contribution in [0.4, 0.5) is 11.4 Å². The highest BCUT2D eigenvalue weighted by Gasteiger charge is 2.33. The molecule has 160 valence electrons. The number of carbonyl (C=O) groups is 2. The molecule has 0 fully saturated rings. The maximum Gasteiger partial charge on any atom is 0.265 e. The first-order valence-corrected chi connectivity index (χ1v) is 11.3. The number of aryl methyl sites for hydroxylation is 2. The molecule has 1 N–H and O–H groups in total. The molecule has 2 amide bonds. The number of rotatable bonds is 6. The van der Waals surface area contributed by atoms with Crippen LogP contribution in [-0.4, -0.2) is 29.4 Å². The van der Waals surface area contributed by atoms with Gasteiger partial charge in [-0.3, -0.25) is 14.5 Å². The van der Waals surface area contributed by atoms with Gasteiger partial charge in [0.15, 0.2) is 6.61 Å². The van der Waals surface area contributed by atoms with Crippen molar-refractivity contribution >= 4 is 34.5 Å². The van der Waals surface area contributed by atoms with Gasteiger partial charge in [-0.1, -0.05) is 25.1 Å². The maximum atomic E-state index is 13.0. The minimum absolute atomic E-state index is 0.0916. The van der Waals surface area contributed by atoms with Gasteiger partial charge >= 0.3 is 0 Å². The molecule has 0 radical (unpaired) electrons. The Balaban J connectivity index is 1.63. The minimum atomic E-state index is -0.698. The Labute approximate surface area is 185 Å². The molecule has 1 unspecified atom stereocenters. The first kappa shape index (κ1) is 21.1. The van der Waals surface area contributed by atoms with E-state index in [4.69, 9.17) is 9.72 Å². The first-order chi connectivity index (χ1) is 15.0. The number of ether oxygens (including phenoxy) is 1. The summed E-state index contributed by atoms with van der Waals surface area (Å²) in [7, 11) is 0. The lowest BCUT2D eigenvalue weighted by molar-refractivity contribution is -0.125. The van der Waals surface area contributed by atoms with E-state index in [0.717, 1.165) is 40.4 Å². The summed E-state index contributed by atoms with van der Waals surface area (Å²) in [5, 5.41) is 6.05. The molecule has 1 aliphatic rings. The average Bonchev–Trinajstić information content (AvgIpc) is 3.23. The number of aromatic nitrogens is 1. The molecule has 2 aromatic carbocycles. The van der Waals surface area contributed by atoms with Crippen LogP contribution >= 0.6 is 11.3 Å². The molecule has 4 rings (SSSR count). The van der Waals surface area contributed by atoms with Crippen molar-refractivity contribution in [3.63, 3.8) is 0 Å². The number of anilines is 2. The van der Waals surface area contributed by atoms with Gasteiger partial charge in [-0.25, -0.2) is 4.98 Å². The van der Waals surface area contributed by atoms with Gasteiger partial charge in [0.05, 0.1) is 16.4 Å². The number of fused-ring (bicyclic) bond motifs is 1. The second-order valence-corrected chi connectivity index (χ2v) is 8.53. The van der Waals surface area contributed by atoms with E-state index in [1.165, 1.54) is 4.90 Å². The van der Waals surface area contributed by atoms with E-state index in [0.29, 0.717) is 11.4 Å². The highest BCUT2D eigenvalue weighted by atomic mass is 32.1. The monoisotopic (exact) mass is 435 g/mol. The molecule has 6 nitrogen and oxygen atoms in total. The highest BCUT2D eigenvalue weighted by Crippen LogP contribution is 2.37. The zero-order chi connectivity index (χ0) is 22.0. The predicted molar refractivity (Wildman–Crippen MR) is 124 cm³/mol. The number of nitrogens with zero attached hydrogens (tertiary/aromatic N) is 2. The molecule has 31 heavy (non-hydrogen) atoms. The molecular formula is C24H25N3O3S. The molecule has 3 aromatic rings. The molecule has 1 atom stereocenters. The van der Waals surface area contributed by atoms with Crippen molar-refractivity contribution in [2.24, 2.45) is 0 Å². The van der Waals surface area contributed by atoms with E-state index in [-0.39, 0.29) is 18.4 Å². The Kier molecular flexibility index (Phi) is 6.04. The third-order valence-corrected chi connectivity index (χ3v) is 6.23. The van der Waals surface area contributed by atoms with Crippen LogP contribution in [0.5, 0.6) is 5.75 Å². The Morgan fingerprint density at radius 3 is 2.87 bits per heavy atom. The van der Waals surface area contributed by atoms with Crippen LogP contribution in [0.25, 0.3) is 11.3 Å². The van der Waals surface area contributed by atoms with Gasteiger partial charge < -0.3 is 10.1 Å². The van der Waals surface area contributed by atoms with Crippen molar-refractivity contribution < 1.29 is 14.3 Å². The van der Waals surface area contributed by atoms with Crippen LogP contribution < -0.4 is 15.0 Å². The van der Waals surface area contributed by atoms with E-state index in [9.17, 15) is 9.59 Å². The Bertz CT molecular complexity index is 1120. The maximum absolute atomic E-state index is 13.0. The number of para-hydroxylation sites is 1. The fourth-order valence-electron chi connectivity index (χ4n) is 3.59. The molecule has 0 bridgehead atoms. The van der Waals surface area contributed by atoms with Gasteiger partial charge in [0.1, 0.15) is 11.8 Å². The van der Waals surface area contributed by atoms with Crippen molar-refractivity contribution in [2.45, 2.75) is 39.7 Å². The van der Waals surface area contributed by atoms with Crippen molar-refractivity contribution in [1.29, 1.82) is 0 Å². The van der Waals surface area contributed by atoms with Gasteiger partial charge in [0, 0.05) is 16.6 Å². The van der Waals surface area contributed by atoms with Gasteiger partial charge in [-0.15, -0.1) is 11.3 Å². The SMILES string of the molecule is CCCc1nc(-c2ccc3c(c2)N(C(C)C(=O)Nc2ccccc2C)C(=O)CO3)cs1. The van der Waals surface area contributed by atoms with Crippen molar-refractivity contribution in [1.82, 2.24) is 4.98 Å². The summed E-state index contributed by atoms with van der Waals surface area (Å²) in [5.74, 6) is 0.0877. The smallest absolute Gasteiger partial charge is 0.265 e. The number of carbonyl (C=O) groups excluding carboxylic acids is 2. The third-order valence-electron chi connectivity index (χ3n) is 5.32. The van der Waals surface area contributed by atoms with E-state index >= 15 is 0 Å². The Morgan fingerprint density at radius 1 is 1.29 bits per heavy atom. The summed E-state index contributed by atoms with van der Waals surface area (Å²) < 4.78 is 5.63. The average molecular weight is 436 g/mol. The summed E-state index contributed by atoms with van der Waals surface area (Å²) in [6.07, 6.45) is 1.99. The topological polar surface area (TPSA) is 71.5 Å². The summed E-state index contributed by atoms with van der Waals surface area (Å²) >= 11 is 1.63. The molecule has 7 heteroatoms. The Morgan fingerprint density at radius 2 is 2.10 bits per heavy atom. The standard InChI is InChI=1S/C24H25N3O3S/c1-4-7-22-25-19(14-31-22)17-10-11-21-20(12-17)27(23(28)13-30-21)16(3)24(29)26-18-9-6-5-8-15(18)2/h5-6,8-12,14,16H,4,7,13H2,1-3H3,(H,26,29). The van der Waals surface area contributed by atoms with Crippen molar-refractivity contribution in [3.05, 3.63) is 58.4 Å². The summed E-state index contributed by atoms with van der Waals surface area (Å²) in [6.45, 7) is 5.70. The lowest BCUT2D eigenvalue weighted by Crippen LogP contribution is -2.49. The molecule has 1 aromatic heterocycles. The molecule has 2 heterocycles. The fourth-order valence-corrected chi connectivity index (χ4v) is 4.50. The number of nitrogens with one attached hydrogen (secondary N) is 1.